The van der Waals surface area contributed by atoms with Crippen LogP contribution in [0, 0.1) is 0 Å². The third kappa shape index (κ3) is 4.56. The number of benzene rings is 1. The predicted molar refractivity (Wildman–Crippen MR) is 98.2 cm³/mol. The zero-order valence-corrected chi connectivity index (χ0v) is 14.6. The normalized spacial score (nSPS) is 18.5. The Morgan fingerprint density at radius 2 is 2.00 bits per heavy atom. The van der Waals surface area contributed by atoms with Crippen molar-refractivity contribution in [3.05, 3.63) is 42.1 Å². The van der Waals surface area contributed by atoms with Crippen LogP contribution < -0.4 is 5.32 Å². The summed E-state index contributed by atoms with van der Waals surface area (Å²) in [7, 11) is 0. The Labute approximate surface area is 145 Å². The summed E-state index contributed by atoms with van der Waals surface area (Å²) in [4.78, 5) is 7.38. The minimum absolute atomic E-state index is 0. The Balaban J connectivity index is 0.00000121. The molecule has 1 aliphatic rings. The molecular formula is C17H25Cl2N3. The van der Waals surface area contributed by atoms with Crippen molar-refractivity contribution >= 4 is 35.7 Å². The fourth-order valence-electron chi connectivity index (χ4n) is 3.03. The summed E-state index contributed by atoms with van der Waals surface area (Å²) in [5.74, 6) is 0. The maximum atomic E-state index is 4.80. The van der Waals surface area contributed by atoms with Crippen molar-refractivity contribution in [3.63, 3.8) is 0 Å². The van der Waals surface area contributed by atoms with Crippen molar-refractivity contribution in [2.24, 2.45) is 0 Å². The van der Waals surface area contributed by atoms with Gasteiger partial charge in [0.05, 0.1) is 11.2 Å². The molecule has 2 aromatic rings. The first-order valence-electron chi connectivity index (χ1n) is 7.66. The van der Waals surface area contributed by atoms with Gasteiger partial charge in [-0.05, 0) is 18.6 Å². The number of aromatic nitrogens is 1. The Morgan fingerprint density at radius 1 is 1.18 bits per heavy atom. The molecule has 0 spiro atoms. The summed E-state index contributed by atoms with van der Waals surface area (Å²) in [6, 6.07) is 13.4. The van der Waals surface area contributed by atoms with Crippen molar-refractivity contribution in [1.82, 2.24) is 15.2 Å². The molecule has 3 rings (SSSR count). The lowest BCUT2D eigenvalue weighted by Gasteiger charge is -2.36. The van der Waals surface area contributed by atoms with Gasteiger partial charge in [-0.15, -0.1) is 24.8 Å². The van der Waals surface area contributed by atoms with Crippen LogP contribution in [0.1, 0.15) is 25.5 Å². The lowest BCUT2D eigenvalue weighted by atomic mass is 10.1. The lowest BCUT2D eigenvalue weighted by molar-refractivity contribution is 0.143. The molecule has 0 aliphatic carbocycles. The fourth-order valence-corrected chi connectivity index (χ4v) is 3.03. The molecule has 1 aromatic heterocycles. The van der Waals surface area contributed by atoms with E-state index in [4.69, 9.17) is 4.98 Å². The maximum Gasteiger partial charge on any atom is 0.0705 e. The zero-order valence-electron chi connectivity index (χ0n) is 13.0. The number of halogens is 2. The first kappa shape index (κ1) is 19.2. The number of piperazine rings is 1. The third-order valence-electron chi connectivity index (χ3n) is 4.12. The second-order valence-corrected chi connectivity index (χ2v) is 5.61. The van der Waals surface area contributed by atoms with Gasteiger partial charge in [-0.3, -0.25) is 9.88 Å². The molecule has 0 saturated carbocycles. The molecule has 122 valence electrons. The largest absolute Gasteiger partial charge is 0.314 e. The summed E-state index contributed by atoms with van der Waals surface area (Å²) >= 11 is 0. The van der Waals surface area contributed by atoms with Gasteiger partial charge in [0.15, 0.2) is 0 Å². The van der Waals surface area contributed by atoms with Crippen molar-refractivity contribution in [2.45, 2.75) is 32.4 Å². The van der Waals surface area contributed by atoms with Crippen LogP contribution in [0.3, 0.4) is 0 Å². The van der Waals surface area contributed by atoms with E-state index in [2.05, 4.69) is 53.5 Å². The Kier molecular flexibility index (Phi) is 8.12. The molecule has 1 saturated heterocycles. The highest BCUT2D eigenvalue weighted by atomic mass is 35.5. The van der Waals surface area contributed by atoms with Crippen LogP contribution in [0.5, 0.6) is 0 Å². The van der Waals surface area contributed by atoms with Crippen LogP contribution in [0.2, 0.25) is 0 Å². The monoisotopic (exact) mass is 341 g/mol. The second-order valence-electron chi connectivity index (χ2n) is 5.61. The average molecular weight is 342 g/mol. The third-order valence-corrected chi connectivity index (χ3v) is 4.12. The van der Waals surface area contributed by atoms with Crippen LogP contribution in [0.4, 0.5) is 0 Å². The van der Waals surface area contributed by atoms with E-state index in [1.807, 2.05) is 0 Å². The number of para-hydroxylation sites is 1. The van der Waals surface area contributed by atoms with Gasteiger partial charge in [-0.2, -0.15) is 0 Å². The molecule has 2 heterocycles. The lowest BCUT2D eigenvalue weighted by Crippen LogP contribution is -2.50. The molecule has 0 bridgehead atoms. The van der Waals surface area contributed by atoms with Gasteiger partial charge in [0.1, 0.15) is 0 Å². The molecule has 1 unspecified atom stereocenters. The number of nitrogens with zero attached hydrogens (tertiary/aromatic N) is 2. The summed E-state index contributed by atoms with van der Waals surface area (Å²) in [5, 5.41) is 4.73. The Bertz CT molecular complexity index is 575. The summed E-state index contributed by atoms with van der Waals surface area (Å²) in [5.41, 5.74) is 2.29. The van der Waals surface area contributed by atoms with Crippen LogP contribution in [-0.4, -0.2) is 35.6 Å². The minimum Gasteiger partial charge on any atom is -0.314 e. The van der Waals surface area contributed by atoms with Crippen molar-refractivity contribution in [1.29, 1.82) is 0 Å². The molecule has 1 aromatic carbocycles. The summed E-state index contributed by atoms with van der Waals surface area (Å²) < 4.78 is 0. The zero-order chi connectivity index (χ0) is 13.8. The van der Waals surface area contributed by atoms with Crippen LogP contribution in [-0.2, 0) is 6.54 Å². The number of hydrogen-bond donors (Lipinski definition) is 1. The molecule has 5 heteroatoms. The highest BCUT2D eigenvalue weighted by molar-refractivity contribution is 5.85. The van der Waals surface area contributed by atoms with E-state index in [-0.39, 0.29) is 24.8 Å². The quantitative estimate of drug-likeness (QED) is 0.919. The highest BCUT2D eigenvalue weighted by Crippen LogP contribution is 2.16. The molecule has 1 fully saturated rings. The van der Waals surface area contributed by atoms with Gasteiger partial charge in [0.2, 0.25) is 0 Å². The van der Waals surface area contributed by atoms with Crippen molar-refractivity contribution in [2.75, 3.05) is 19.6 Å². The van der Waals surface area contributed by atoms with Gasteiger partial charge in [0, 0.05) is 37.6 Å². The first-order valence-corrected chi connectivity index (χ1v) is 7.66. The number of rotatable bonds is 4. The van der Waals surface area contributed by atoms with E-state index in [1.165, 1.54) is 23.9 Å². The van der Waals surface area contributed by atoms with E-state index >= 15 is 0 Å². The predicted octanol–water partition coefficient (Wildman–Crippen LogP) is 3.65. The molecule has 1 aliphatic heterocycles. The van der Waals surface area contributed by atoms with Gasteiger partial charge in [0.25, 0.3) is 0 Å². The van der Waals surface area contributed by atoms with Gasteiger partial charge in [-0.25, -0.2) is 0 Å². The smallest absolute Gasteiger partial charge is 0.0705 e. The van der Waals surface area contributed by atoms with Crippen molar-refractivity contribution < 1.29 is 0 Å². The van der Waals surface area contributed by atoms with Gasteiger partial charge in [-0.1, -0.05) is 37.6 Å². The van der Waals surface area contributed by atoms with E-state index in [9.17, 15) is 0 Å². The maximum absolute atomic E-state index is 4.80. The molecule has 1 atom stereocenters. The van der Waals surface area contributed by atoms with Gasteiger partial charge < -0.3 is 5.32 Å². The van der Waals surface area contributed by atoms with E-state index < -0.39 is 0 Å². The summed E-state index contributed by atoms with van der Waals surface area (Å²) in [6.07, 6.45) is 2.51. The van der Waals surface area contributed by atoms with E-state index in [0.717, 1.165) is 31.7 Å². The van der Waals surface area contributed by atoms with Crippen molar-refractivity contribution in [3.8, 4) is 0 Å². The molecule has 1 N–H and O–H groups in total. The minimum atomic E-state index is 0. The van der Waals surface area contributed by atoms with E-state index in [1.54, 1.807) is 0 Å². The Morgan fingerprint density at radius 3 is 2.82 bits per heavy atom. The summed E-state index contributed by atoms with van der Waals surface area (Å²) in [6.45, 7) is 6.56. The number of nitrogens with one attached hydrogen (secondary N) is 1. The average Bonchev–Trinajstić information content (AvgIpc) is 2.49. The molecule has 22 heavy (non-hydrogen) atoms. The molecule has 0 amide bonds. The fraction of sp³-hybridized carbons (Fsp3) is 0.471. The molecule has 0 radical (unpaired) electrons. The van der Waals surface area contributed by atoms with Crippen LogP contribution >= 0.6 is 24.8 Å². The van der Waals surface area contributed by atoms with Crippen LogP contribution in [0.15, 0.2) is 36.4 Å². The standard InChI is InChI=1S/C17H23N3.2ClH/c1-2-5-16-12-18-10-11-20(16)13-15-9-8-14-6-3-4-7-17(14)19-15;;/h3-4,6-9,16,18H,2,5,10-13H2,1H3;2*1H. The highest BCUT2D eigenvalue weighted by Gasteiger charge is 2.21. The molecular weight excluding hydrogens is 317 g/mol. The first-order chi connectivity index (χ1) is 9.86. The Hall–Kier alpha value is -0.870. The van der Waals surface area contributed by atoms with E-state index in [0.29, 0.717) is 6.04 Å². The topological polar surface area (TPSA) is 28.2 Å². The SMILES string of the molecule is CCCC1CNCCN1Cc1ccc2ccccc2n1.Cl.Cl. The second kappa shape index (κ2) is 9.31. The van der Waals surface area contributed by atoms with Gasteiger partial charge >= 0.3 is 0 Å². The number of fused-ring (bicyclic) bond motifs is 1. The number of hydrogen-bond acceptors (Lipinski definition) is 3. The molecule has 3 nitrogen and oxygen atoms in total. The van der Waals surface area contributed by atoms with Crippen LogP contribution in [0.25, 0.3) is 10.9 Å². The number of pyridine rings is 1.